The van der Waals surface area contributed by atoms with Crippen LogP contribution in [-0.4, -0.2) is 50.0 Å². The van der Waals surface area contributed by atoms with E-state index in [-0.39, 0.29) is 18.5 Å². The van der Waals surface area contributed by atoms with E-state index in [0.717, 1.165) is 47.4 Å². The molecule has 0 saturated heterocycles. The molecule has 2 aromatic rings. The molecule has 1 aliphatic rings. The van der Waals surface area contributed by atoms with Crippen molar-refractivity contribution >= 4 is 39.1 Å². The van der Waals surface area contributed by atoms with Gasteiger partial charge in [-0.2, -0.15) is 0 Å². The Morgan fingerprint density at radius 2 is 1.70 bits per heavy atom. The lowest BCUT2D eigenvalue weighted by Gasteiger charge is -2.34. The van der Waals surface area contributed by atoms with E-state index in [2.05, 4.69) is 5.32 Å². The summed E-state index contributed by atoms with van der Waals surface area (Å²) in [7, 11) is -3.81. The first-order valence-corrected chi connectivity index (χ1v) is 15.1. The lowest BCUT2D eigenvalue weighted by Crippen LogP contribution is -2.54. The third kappa shape index (κ3) is 7.95. The maximum atomic E-state index is 13.8. The van der Waals surface area contributed by atoms with E-state index in [1.807, 2.05) is 38.1 Å². The van der Waals surface area contributed by atoms with E-state index in [4.69, 9.17) is 11.6 Å². The van der Waals surface area contributed by atoms with Crippen LogP contribution in [0.4, 0.5) is 5.69 Å². The Balaban J connectivity index is 1.93. The molecule has 3 rings (SSSR count). The second kappa shape index (κ2) is 12.8. The van der Waals surface area contributed by atoms with Crippen molar-refractivity contribution in [3.63, 3.8) is 0 Å². The zero-order valence-electron chi connectivity index (χ0n) is 22.2. The Bertz CT molecular complexity index is 1190. The average Bonchev–Trinajstić information content (AvgIpc) is 2.85. The molecule has 37 heavy (non-hydrogen) atoms. The number of carbonyl (C=O) groups excluding carboxylic acids is 2. The summed E-state index contributed by atoms with van der Waals surface area (Å²) in [6.07, 6.45) is 6.68. The SMILES string of the molecule is CC[C@H](C(=O)NC1CCCCC1)N(Cc1ccc(C)cc1)C(=O)CN(c1cc(Cl)ccc1C)S(C)(=O)=O. The number of halogens is 1. The third-order valence-corrected chi connectivity index (χ3v) is 8.29. The molecular weight excluding hydrogens is 510 g/mol. The topological polar surface area (TPSA) is 86.8 Å². The highest BCUT2D eigenvalue weighted by atomic mass is 35.5. The molecule has 7 nitrogen and oxygen atoms in total. The van der Waals surface area contributed by atoms with Gasteiger partial charge in [-0.05, 0) is 56.4 Å². The fourth-order valence-electron chi connectivity index (χ4n) is 4.80. The van der Waals surface area contributed by atoms with Crippen LogP contribution in [0.25, 0.3) is 0 Å². The number of sulfonamides is 1. The second-order valence-corrected chi connectivity index (χ2v) is 12.3. The van der Waals surface area contributed by atoms with Crippen molar-refractivity contribution in [2.45, 2.75) is 77.9 Å². The number of hydrogen-bond acceptors (Lipinski definition) is 4. The monoisotopic (exact) mass is 547 g/mol. The summed E-state index contributed by atoms with van der Waals surface area (Å²) in [5, 5.41) is 3.52. The molecule has 0 spiro atoms. The largest absolute Gasteiger partial charge is 0.352 e. The van der Waals surface area contributed by atoms with Crippen LogP contribution in [0.5, 0.6) is 0 Å². The van der Waals surface area contributed by atoms with Crippen LogP contribution in [0.1, 0.15) is 62.1 Å². The molecule has 202 valence electrons. The van der Waals surface area contributed by atoms with Gasteiger partial charge in [0.1, 0.15) is 12.6 Å². The van der Waals surface area contributed by atoms with Crippen LogP contribution in [-0.2, 0) is 26.2 Å². The predicted molar refractivity (Wildman–Crippen MR) is 149 cm³/mol. The van der Waals surface area contributed by atoms with Gasteiger partial charge < -0.3 is 10.2 Å². The predicted octanol–water partition coefficient (Wildman–Crippen LogP) is 4.98. The number of rotatable bonds is 10. The van der Waals surface area contributed by atoms with Crippen molar-refractivity contribution in [1.82, 2.24) is 10.2 Å². The van der Waals surface area contributed by atoms with Gasteiger partial charge in [0.2, 0.25) is 21.8 Å². The maximum Gasteiger partial charge on any atom is 0.244 e. The van der Waals surface area contributed by atoms with E-state index in [1.165, 1.54) is 11.3 Å². The molecule has 2 aromatic carbocycles. The normalized spacial score (nSPS) is 15.2. The highest BCUT2D eigenvalue weighted by Crippen LogP contribution is 2.27. The molecule has 2 amide bonds. The summed E-state index contributed by atoms with van der Waals surface area (Å²) >= 11 is 6.17. The molecule has 0 bridgehead atoms. The Morgan fingerprint density at radius 1 is 1.05 bits per heavy atom. The molecule has 1 fully saturated rings. The van der Waals surface area contributed by atoms with Crippen LogP contribution < -0.4 is 9.62 Å². The van der Waals surface area contributed by atoms with Crippen molar-refractivity contribution in [2.75, 3.05) is 17.1 Å². The zero-order valence-corrected chi connectivity index (χ0v) is 23.7. The molecule has 0 aliphatic heterocycles. The fraction of sp³-hybridized carbons (Fsp3) is 0.500. The van der Waals surface area contributed by atoms with E-state index < -0.39 is 28.5 Å². The van der Waals surface area contributed by atoms with E-state index >= 15 is 0 Å². The lowest BCUT2D eigenvalue weighted by molar-refractivity contribution is -0.140. The smallest absolute Gasteiger partial charge is 0.244 e. The highest BCUT2D eigenvalue weighted by molar-refractivity contribution is 7.92. The van der Waals surface area contributed by atoms with Crippen molar-refractivity contribution < 1.29 is 18.0 Å². The molecule has 9 heteroatoms. The maximum absolute atomic E-state index is 13.8. The first-order valence-electron chi connectivity index (χ1n) is 12.9. The molecule has 1 atom stereocenters. The molecule has 1 saturated carbocycles. The second-order valence-electron chi connectivity index (χ2n) is 9.98. The van der Waals surface area contributed by atoms with E-state index in [0.29, 0.717) is 22.7 Å². The molecule has 1 N–H and O–H groups in total. The number of anilines is 1. The Hall–Kier alpha value is -2.58. The molecule has 0 heterocycles. The summed E-state index contributed by atoms with van der Waals surface area (Å²) in [6.45, 7) is 5.39. The Kier molecular flexibility index (Phi) is 10.0. The van der Waals surface area contributed by atoms with Crippen molar-refractivity contribution in [3.05, 3.63) is 64.2 Å². The minimum atomic E-state index is -3.81. The molecule has 0 radical (unpaired) electrons. The van der Waals surface area contributed by atoms with Gasteiger partial charge >= 0.3 is 0 Å². The first kappa shape index (κ1) is 29.0. The standard InChI is InChI=1S/C28H38ClN3O4S/c1-5-25(28(34)30-24-9-7-6-8-10-24)31(18-22-14-11-20(2)12-15-22)27(33)19-32(37(4,35)36)26-17-23(29)16-13-21(26)3/h11-17,24-25H,5-10,18-19H2,1-4H3,(H,30,34)/t25-/m1/s1. The Morgan fingerprint density at radius 3 is 2.30 bits per heavy atom. The number of nitrogens with zero attached hydrogens (tertiary/aromatic N) is 2. The van der Waals surface area contributed by atoms with Crippen molar-refractivity contribution in [2.24, 2.45) is 0 Å². The molecule has 1 aliphatic carbocycles. The molecule has 0 unspecified atom stereocenters. The van der Waals surface area contributed by atoms with Gasteiger partial charge in [0, 0.05) is 17.6 Å². The van der Waals surface area contributed by atoms with Gasteiger partial charge in [-0.25, -0.2) is 8.42 Å². The summed E-state index contributed by atoms with van der Waals surface area (Å²) in [6, 6.07) is 12.1. The highest BCUT2D eigenvalue weighted by Gasteiger charge is 2.33. The van der Waals surface area contributed by atoms with Crippen molar-refractivity contribution in [1.29, 1.82) is 0 Å². The van der Waals surface area contributed by atoms with Crippen molar-refractivity contribution in [3.8, 4) is 0 Å². The number of carbonyl (C=O) groups is 2. The van der Waals surface area contributed by atoms with Crippen LogP contribution in [0, 0.1) is 13.8 Å². The van der Waals surface area contributed by atoms with Gasteiger partial charge in [-0.3, -0.25) is 13.9 Å². The Labute approximate surface area is 226 Å². The molecular formula is C28H38ClN3O4S. The van der Waals surface area contributed by atoms with Crippen LogP contribution in [0.15, 0.2) is 42.5 Å². The quantitative estimate of drug-likeness (QED) is 0.454. The number of benzene rings is 2. The minimum absolute atomic E-state index is 0.105. The van der Waals surface area contributed by atoms with Gasteiger partial charge in [-0.15, -0.1) is 0 Å². The van der Waals surface area contributed by atoms with Gasteiger partial charge in [0.25, 0.3) is 0 Å². The number of nitrogens with one attached hydrogen (secondary N) is 1. The van der Waals surface area contributed by atoms with Crippen LogP contribution in [0.3, 0.4) is 0 Å². The van der Waals surface area contributed by atoms with Crippen LogP contribution >= 0.6 is 11.6 Å². The number of amides is 2. The summed E-state index contributed by atoms with van der Waals surface area (Å²) < 4.78 is 26.7. The minimum Gasteiger partial charge on any atom is -0.352 e. The summed E-state index contributed by atoms with van der Waals surface area (Å²) in [5.41, 5.74) is 2.98. The summed E-state index contributed by atoms with van der Waals surface area (Å²) in [5.74, 6) is -0.643. The van der Waals surface area contributed by atoms with Crippen LogP contribution in [0.2, 0.25) is 5.02 Å². The lowest BCUT2D eigenvalue weighted by atomic mass is 9.95. The fourth-order valence-corrected chi connectivity index (χ4v) is 5.87. The van der Waals surface area contributed by atoms with E-state index in [1.54, 1.807) is 25.1 Å². The third-order valence-electron chi connectivity index (χ3n) is 6.93. The number of aryl methyl sites for hydroxylation is 2. The van der Waals surface area contributed by atoms with Gasteiger partial charge in [-0.1, -0.05) is 73.7 Å². The summed E-state index contributed by atoms with van der Waals surface area (Å²) in [4.78, 5) is 28.8. The molecule has 0 aromatic heterocycles. The van der Waals surface area contributed by atoms with Gasteiger partial charge in [0.05, 0.1) is 11.9 Å². The average molecular weight is 548 g/mol. The zero-order chi connectivity index (χ0) is 27.2. The van der Waals surface area contributed by atoms with Gasteiger partial charge in [0.15, 0.2) is 0 Å². The first-order chi connectivity index (χ1) is 17.5. The van der Waals surface area contributed by atoms with E-state index in [9.17, 15) is 18.0 Å². The number of hydrogen-bond donors (Lipinski definition) is 1.